The van der Waals surface area contributed by atoms with E-state index in [1.807, 2.05) is 35.3 Å². The fourth-order valence-electron chi connectivity index (χ4n) is 3.65. The third kappa shape index (κ3) is 3.07. The molecule has 4 rings (SSSR count). The predicted molar refractivity (Wildman–Crippen MR) is 91.8 cm³/mol. The van der Waals surface area contributed by atoms with Crippen molar-refractivity contribution < 1.29 is 5.11 Å². The Bertz CT molecular complexity index is 767. The van der Waals surface area contributed by atoms with Gasteiger partial charge >= 0.3 is 0 Å². The highest BCUT2D eigenvalue weighted by Gasteiger charge is 2.23. The van der Waals surface area contributed by atoms with Crippen molar-refractivity contribution in [3.63, 3.8) is 0 Å². The molecule has 4 heterocycles. The van der Waals surface area contributed by atoms with Crippen molar-refractivity contribution in [1.82, 2.24) is 24.1 Å². The first-order valence-electron chi connectivity index (χ1n) is 8.61. The molecule has 0 spiro atoms. The average molecular weight is 325 g/mol. The van der Waals surface area contributed by atoms with Crippen molar-refractivity contribution in [2.75, 3.05) is 19.7 Å². The van der Waals surface area contributed by atoms with E-state index < -0.39 is 0 Å². The summed E-state index contributed by atoms with van der Waals surface area (Å²) in [4.78, 5) is 7.17. The van der Waals surface area contributed by atoms with Gasteiger partial charge in [0.05, 0.1) is 18.8 Å². The standard InChI is InChI=1S/C18H23N5O/c24-12-11-23-17(4-7-19-23)15-5-9-21(10-6-15)13-16-14-22-8-2-1-3-18(22)20-16/h1-4,7-8,14-15,24H,5-6,9-13H2. The minimum absolute atomic E-state index is 0.140. The second-order valence-electron chi connectivity index (χ2n) is 6.45. The molecule has 3 aromatic rings. The number of aromatic nitrogens is 4. The van der Waals surface area contributed by atoms with E-state index in [2.05, 4.69) is 26.7 Å². The lowest BCUT2D eigenvalue weighted by Crippen LogP contribution is -2.33. The molecule has 0 aliphatic carbocycles. The highest BCUT2D eigenvalue weighted by atomic mass is 16.3. The second-order valence-corrected chi connectivity index (χ2v) is 6.45. The fraction of sp³-hybridized carbons (Fsp3) is 0.444. The lowest BCUT2D eigenvalue weighted by atomic mass is 9.93. The summed E-state index contributed by atoms with van der Waals surface area (Å²) in [7, 11) is 0. The highest BCUT2D eigenvalue weighted by Crippen LogP contribution is 2.28. The Labute approximate surface area is 141 Å². The molecule has 1 aliphatic rings. The van der Waals surface area contributed by atoms with Crippen LogP contribution in [0.5, 0.6) is 0 Å². The summed E-state index contributed by atoms with van der Waals surface area (Å²) in [5, 5.41) is 13.5. The quantitative estimate of drug-likeness (QED) is 0.778. The zero-order chi connectivity index (χ0) is 16.4. The molecule has 3 aromatic heterocycles. The third-order valence-corrected chi connectivity index (χ3v) is 4.87. The van der Waals surface area contributed by atoms with Gasteiger partial charge in [-0.3, -0.25) is 9.58 Å². The van der Waals surface area contributed by atoms with Gasteiger partial charge in [0, 0.05) is 36.7 Å². The molecule has 0 unspecified atom stereocenters. The van der Waals surface area contributed by atoms with E-state index in [0.29, 0.717) is 12.5 Å². The van der Waals surface area contributed by atoms with Crippen molar-refractivity contribution in [2.45, 2.75) is 31.8 Å². The first-order valence-corrected chi connectivity index (χ1v) is 8.61. The van der Waals surface area contributed by atoms with Gasteiger partial charge in [-0.25, -0.2) is 4.98 Å². The van der Waals surface area contributed by atoms with Crippen LogP contribution in [0.15, 0.2) is 42.9 Å². The smallest absolute Gasteiger partial charge is 0.137 e. The van der Waals surface area contributed by atoms with Gasteiger partial charge in [-0.1, -0.05) is 6.07 Å². The van der Waals surface area contributed by atoms with E-state index in [0.717, 1.165) is 43.8 Å². The van der Waals surface area contributed by atoms with E-state index in [1.165, 1.54) is 5.69 Å². The monoisotopic (exact) mass is 325 g/mol. The highest BCUT2D eigenvalue weighted by molar-refractivity contribution is 5.39. The molecule has 24 heavy (non-hydrogen) atoms. The number of aliphatic hydroxyl groups excluding tert-OH is 1. The van der Waals surface area contributed by atoms with Crippen LogP contribution in [-0.4, -0.2) is 48.9 Å². The molecular weight excluding hydrogens is 302 g/mol. The summed E-state index contributed by atoms with van der Waals surface area (Å²) in [6.45, 7) is 3.78. The zero-order valence-electron chi connectivity index (χ0n) is 13.8. The lowest BCUT2D eigenvalue weighted by molar-refractivity contribution is 0.197. The van der Waals surface area contributed by atoms with E-state index in [1.54, 1.807) is 0 Å². The van der Waals surface area contributed by atoms with Gasteiger partial charge in [-0.15, -0.1) is 0 Å². The maximum atomic E-state index is 9.15. The summed E-state index contributed by atoms with van der Waals surface area (Å²) >= 11 is 0. The van der Waals surface area contributed by atoms with E-state index >= 15 is 0 Å². The number of likely N-dealkylation sites (tertiary alicyclic amines) is 1. The number of hydrogen-bond acceptors (Lipinski definition) is 4. The maximum Gasteiger partial charge on any atom is 0.137 e. The van der Waals surface area contributed by atoms with Crippen LogP contribution in [0, 0.1) is 0 Å². The molecule has 0 radical (unpaired) electrons. The molecule has 1 fully saturated rings. The Morgan fingerprint density at radius 3 is 2.83 bits per heavy atom. The molecule has 0 aromatic carbocycles. The molecule has 6 nitrogen and oxygen atoms in total. The SMILES string of the molecule is OCCn1nccc1C1CCN(Cc2cn3ccccc3n2)CC1. The van der Waals surface area contributed by atoms with Crippen molar-refractivity contribution in [3.8, 4) is 0 Å². The number of piperidine rings is 1. The lowest BCUT2D eigenvalue weighted by Gasteiger charge is -2.31. The van der Waals surface area contributed by atoms with Gasteiger partial charge in [0.25, 0.3) is 0 Å². The summed E-state index contributed by atoms with van der Waals surface area (Å²) in [6.07, 6.45) is 8.27. The van der Waals surface area contributed by atoms with Gasteiger partial charge in [0.2, 0.25) is 0 Å². The molecular formula is C18H23N5O. The molecule has 0 amide bonds. The molecule has 0 bridgehead atoms. The number of hydrogen-bond donors (Lipinski definition) is 1. The number of rotatable bonds is 5. The first-order chi connectivity index (χ1) is 11.8. The number of pyridine rings is 1. The van der Waals surface area contributed by atoms with Gasteiger partial charge in [0.1, 0.15) is 5.65 Å². The van der Waals surface area contributed by atoms with Crippen LogP contribution < -0.4 is 0 Å². The summed E-state index contributed by atoms with van der Waals surface area (Å²) in [5.74, 6) is 0.538. The molecule has 1 aliphatic heterocycles. The van der Waals surface area contributed by atoms with Crippen molar-refractivity contribution >= 4 is 5.65 Å². The Hall–Kier alpha value is -2.18. The molecule has 126 valence electrons. The topological polar surface area (TPSA) is 58.6 Å². The summed E-state index contributed by atoms with van der Waals surface area (Å²) in [6, 6.07) is 8.18. The average Bonchev–Trinajstić information content (AvgIpc) is 3.22. The van der Waals surface area contributed by atoms with Crippen LogP contribution in [-0.2, 0) is 13.1 Å². The largest absolute Gasteiger partial charge is 0.394 e. The van der Waals surface area contributed by atoms with Crippen LogP contribution in [0.25, 0.3) is 5.65 Å². The van der Waals surface area contributed by atoms with Gasteiger partial charge in [-0.2, -0.15) is 5.10 Å². The minimum Gasteiger partial charge on any atom is -0.394 e. The van der Waals surface area contributed by atoms with E-state index in [9.17, 15) is 0 Å². The zero-order valence-corrected chi connectivity index (χ0v) is 13.8. The van der Waals surface area contributed by atoms with Crippen molar-refractivity contribution in [1.29, 1.82) is 0 Å². The van der Waals surface area contributed by atoms with E-state index in [-0.39, 0.29) is 6.61 Å². The van der Waals surface area contributed by atoms with Crippen LogP contribution in [0.1, 0.15) is 30.1 Å². The number of aliphatic hydroxyl groups is 1. The van der Waals surface area contributed by atoms with Crippen LogP contribution in [0.4, 0.5) is 0 Å². The van der Waals surface area contributed by atoms with Gasteiger partial charge in [0.15, 0.2) is 0 Å². The number of imidazole rings is 1. The minimum atomic E-state index is 0.140. The van der Waals surface area contributed by atoms with Crippen molar-refractivity contribution in [2.24, 2.45) is 0 Å². The normalized spacial score (nSPS) is 16.9. The summed E-state index contributed by atoms with van der Waals surface area (Å²) in [5.41, 5.74) is 3.40. The predicted octanol–water partition coefficient (Wildman–Crippen LogP) is 1.90. The summed E-state index contributed by atoms with van der Waals surface area (Å²) < 4.78 is 4.03. The number of fused-ring (bicyclic) bond motifs is 1. The maximum absolute atomic E-state index is 9.15. The fourth-order valence-corrected chi connectivity index (χ4v) is 3.65. The Kier molecular flexibility index (Phi) is 4.32. The Morgan fingerprint density at radius 1 is 1.17 bits per heavy atom. The third-order valence-electron chi connectivity index (χ3n) is 4.87. The van der Waals surface area contributed by atoms with Gasteiger partial charge < -0.3 is 9.51 Å². The molecule has 1 saturated heterocycles. The van der Waals surface area contributed by atoms with Crippen molar-refractivity contribution in [3.05, 3.63) is 54.2 Å². The molecule has 0 atom stereocenters. The number of nitrogens with zero attached hydrogens (tertiary/aromatic N) is 5. The second kappa shape index (κ2) is 6.75. The molecule has 6 heteroatoms. The van der Waals surface area contributed by atoms with Gasteiger partial charge in [-0.05, 0) is 44.1 Å². The Morgan fingerprint density at radius 2 is 2.04 bits per heavy atom. The van der Waals surface area contributed by atoms with E-state index in [4.69, 9.17) is 10.1 Å². The first kappa shape index (κ1) is 15.4. The van der Waals surface area contributed by atoms with Crippen LogP contribution in [0.3, 0.4) is 0 Å². The van der Waals surface area contributed by atoms with Crippen LogP contribution in [0.2, 0.25) is 0 Å². The molecule has 1 N–H and O–H groups in total. The molecule has 0 saturated carbocycles. The Balaban J connectivity index is 1.38. The van der Waals surface area contributed by atoms with Crippen LogP contribution >= 0.6 is 0 Å².